The summed E-state index contributed by atoms with van der Waals surface area (Å²) in [6.45, 7) is 0. The van der Waals surface area contributed by atoms with Crippen LogP contribution in [0.4, 0.5) is 11.4 Å². The fraction of sp³-hybridized carbons (Fsp3) is 0.417. The van der Waals surface area contributed by atoms with Crippen LogP contribution in [-0.2, 0) is 9.53 Å². The van der Waals surface area contributed by atoms with Gasteiger partial charge >= 0.3 is 5.97 Å². The normalized spacial score (nSPS) is 23.1. The summed E-state index contributed by atoms with van der Waals surface area (Å²) in [5.74, 6) is -0.163. The number of nitrogens with one attached hydrogen (secondary N) is 1. The summed E-state index contributed by atoms with van der Waals surface area (Å²) in [5.41, 5.74) is 2.42. The van der Waals surface area contributed by atoms with E-state index in [0.29, 0.717) is 6.42 Å². The Morgan fingerprint density at radius 3 is 2.81 bits per heavy atom. The second kappa shape index (κ2) is 4.14. The number of hydrogen-bond acceptors (Lipinski definition) is 3. The van der Waals surface area contributed by atoms with Crippen LogP contribution in [0.15, 0.2) is 24.3 Å². The van der Waals surface area contributed by atoms with E-state index in [1.54, 1.807) is 0 Å². The number of fused-ring (bicyclic) bond motifs is 1. The molecule has 0 saturated carbocycles. The van der Waals surface area contributed by atoms with E-state index < -0.39 is 0 Å². The number of benzene rings is 1. The van der Waals surface area contributed by atoms with Gasteiger partial charge in [-0.1, -0.05) is 12.1 Å². The Balaban J connectivity index is 2.24. The van der Waals surface area contributed by atoms with Crippen molar-refractivity contribution in [3.63, 3.8) is 0 Å². The third-order valence-electron chi connectivity index (χ3n) is 3.26. The van der Waals surface area contributed by atoms with Crippen molar-refractivity contribution in [2.75, 3.05) is 26.1 Å². The number of carbonyl (C=O) groups excluding carboxylic acids is 1. The molecule has 1 aliphatic heterocycles. The lowest BCUT2D eigenvalue weighted by Crippen LogP contribution is -3.08. The first kappa shape index (κ1) is 11.0. The van der Waals surface area contributed by atoms with Gasteiger partial charge in [0, 0.05) is 13.1 Å². The summed E-state index contributed by atoms with van der Waals surface area (Å²) in [5, 5.41) is 0. The van der Waals surface area contributed by atoms with E-state index in [1.165, 1.54) is 23.4 Å². The average molecular weight is 221 g/mol. The second-order valence-electron chi connectivity index (χ2n) is 4.11. The summed E-state index contributed by atoms with van der Waals surface area (Å²) in [6.07, 6.45) is 0.540. The standard InChI is InChI=1S/C12H16N2O2/c1-13-9-6-4-5-7-10(9)14(2)11(13)8-12(15)16-3/h4-7,11H,8H2,1-3H3/p+1. The number of methoxy groups -OCH3 is 1. The van der Waals surface area contributed by atoms with Crippen LogP contribution in [0.25, 0.3) is 0 Å². The predicted molar refractivity (Wildman–Crippen MR) is 61.8 cm³/mol. The molecule has 0 bridgehead atoms. The molecule has 86 valence electrons. The quantitative estimate of drug-likeness (QED) is 0.723. The van der Waals surface area contributed by atoms with Crippen LogP contribution in [-0.4, -0.2) is 33.3 Å². The minimum atomic E-state index is -0.163. The summed E-state index contributed by atoms with van der Waals surface area (Å²) in [6, 6.07) is 8.22. The molecule has 1 aliphatic rings. The van der Waals surface area contributed by atoms with Gasteiger partial charge in [-0.3, -0.25) is 9.69 Å². The monoisotopic (exact) mass is 221 g/mol. The number of hydrogen-bond donors (Lipinski definition) is 1. The van der Waals surface area contributed by atoms with Gasteiger partial charge in [-0.15, -0.1) is 0 Å². The lowest BCUT2D eigenvalue weighted by molar-refractivity contribution is -0.831. The topological polar surface area (TPSA) is 34.0 Å². The first-order valence-corrected chi connectivity index (χ1v) is 5.37. The molecule has 1 aromatic carbocycles. The Bertz CT molecular complexity index is 377. The molecular formula is C12H17N2O2+. The van der Waals surface area contributed by atoms with Gasteiger partial charge in [0.25, 0.3) is 0 Å². The van der Waals surface area contributed by atoms with Crippen molar-refractivity contribution in [2.24, 2.45) is 0 Å². The highest BCUT2D eigenvalue weighted by atomic mass is 16.5. The smallest absolute Gasteiger partial charge is 0.313 e. The number of ether oxygens (including phenoxy) is 1. The van der Waals surface area contributed by atoms with Crippen molar-refractivity contribution in [3.8, 4) is 0 Å². The molecule has 0 radical (unpaired) electrons. The maximum atomic E-state index is 11.3. The number of anilines is 1. The fourth-order valence-electron chi connectivity index (χ4n) is 2.28. The van der Waals surface area contributed by atoms with E-state index in [4.69, 9.17) is 4.74 Å². The van der Waals surface area contributed by atoms with Gasteiger partial charge in [-0.25, -0.2) is 0 Å². The number of rotatable bonds is 2. The number of esters is 1. The van der Waals surface area contributed by atoms with Gasteiger partial charge in [0.1, 0.15) is 12.1 Å². The van der Waals surface area contributed by atoms with Gasteiger partial charge in [0.2, 0.25) is 0 Å². The summed E-state index contributed by atoms with van der Waals surface area (Å²) >= 11 is 0. The Hall–Kier alpha value is -1.55. The minimum absolute atomic E-state index is 0.129. The van der Waals surface area contributed by atoms with E-state index in [-0.39, 0.29) is 12.1 Å². The third-order valence-corrected chi connectivity index (χ3v) is 3.26. The first-order valence-electron chi connectivity index (χ1n) is 5.37. The highest BCUT2D eigenvalue weighted by Gasteiger charge is 2.37. The minimum Gasteiger partial charge on any atom is -0.469 e. The van der Waals surface area contributed by atoms with E-state index in [1.807, 2.05) is 19.2 Å². The van der Waals surface area contributed by atoms with Crippen molar-refractivity contribution >= 4 is 17.3 Å². The van der Waals surface area contributed by atoms with Crippen LogP contribution in [0, 0.1) is 0 Å². The zero-order valence-electron chi connectivity index (χ0n) is 9.86. The lowest BCUT2D eigenvalue weighted by Gasteiger charge is -2.21. The van der Waals surface area contributed by atoms with Gasteiger partial charge in [-0.2, -0.15) is 0 Å². The molecule has 1 heterocycles. The van der Waals surface area contributed by atoms with E-state index in [9.17, 15) is 4.79 Å². The average Bonchev–Trinajstić information content (AvgIpc) is 2.55. The molecule has 0 aliphatic carbocycles. The Kier molecular flexibility index (Phi) is 2.83. The SMILES string of the molecule is COC(=O)CC1N(C)c2ccccc2[NH+]1C. The Morgan fingerprint density at radius 2 is 2.19 bits per heavy atom. The largest absolute Gasteiger partial charge is 0.469 e. The third kappa shape index (κ3) is 1.65. The van der Waals surface area contributed by atoms with Crippen LogP contribution in [0.3, 0.4) is 0 Å². The summed E-state index contributed by atoms with van der Waals surface area (Å²) in [4.78, 5) is 14.7. The van der Waals surface area contributed by atoms with Crippen molar-refractivity contribution in [1.29, 1.82) is 0 Å². The summed E-state index contributed by atoms with van der Waals surface area (Å²) in [7, 11) is 5.53. The molecule has 4 nitrogen and oxygen atoms in total. The molecular weight excluding hydrogens is 204 g/mol. The highest BCUT2D eigenvalue weighted by molar-refractivity contribution is 5.72. The Morgan fingerprint density at radius 1 is 1.50 bits per heavy atom. The van der Waals surface area contributed by atoms with Crippen LogP contribution in [0.5, 0.6) is 0 Å². The molecule has 2 unspecified atom stereocenters. The molecule has 1 aromatic rings. The first-order chi connectivity index (χ1) is 7.65. The van der Waals surface area contributed by atoms with E-state index >= 15 is 0 Å². The molecule has 0 aromatic heterocycles. The fourth-order valence-corrected chi connectivity index (χ4v) is 2.28. The molecule has 4 heteroatoms. The van der Waals surface area contributed by atoms with Crippen molar-refractivity contribution in [1.82, 2.24) is 0 Å². The summed E-state index contributed by atoms with van der Waals surface area (Å²) < 4.78 is 4.73. The highest BCUT2D eigenvalue weighted by Crippen LogP contribution is 2.27. The lowest BCUT2D eigenvalue weighted by atomic mass is 10.3. The zero-order valence-corrected chi connectivity index (χ0v) is 9.86. The Labute approximate surface area is 95.4 Å². The van der Waals surface area contributed by atoms with E-state index in [2.05, 4.69) is 24.1 Å². The van der Waals surface area contributed by atoms with Crippen LogP contribution < -0.4 is 9.80 Å². The van der Waals surface area contributed by atoms with Gasteiger partial charge in [-0.05, 0) is 6.07 Å². The van der Waals surface area contributed by atoms with Crippen molar-refractivity contribution in [2.45, 2.75) is 12.6 Å². The molecule has 1 N–H and O–H groups in total. The van der Waals surface area contributed by atoms with Gasteiger partial charge in [0.05, 0.1) is 14.2 Å². The number of nitrogens with zero attached hydrogens (tertiary/aromatic N) is 1. The van der Waals surface area contributed by atoms with Gasteiger partial charge in [0.15, 0.2) is 11.9 Å². The second-order valence-corrected chi connectivity index (χ2v) is 4.11. The van der Waals surface area contributed by atoms with Gasteiger partial charge < -0.3 is 9.64 Å². The van der Waals surface area contributed by atoms with Crippen LogP contribution in [0.2, 0.25) is 0 Å². The van der Waals surface area contributed by atoms with Crippen LogP contribution in [0.1, 0.15) is 6.42 Å². The zero-order chi connectivity index (χ0) is 11.7. The van der Waals surface area contributed by atoms with Crippen molar-refractivity contribution in [3.05, 3.63) is 24.3 Å². The number of quaternary nitrogens is 1. The number of para-hydroxylation sites is 2. The molecule has 2 atom stereocenters. The molecule has 0 saturated heterocycles. The molecule has 16 heavy (non-hydrogen) atoms. The number of carbonyl (C=O) groups is 1. The molecule has 2 rings (SSSR count). The molecule has 0 spiro atoms. The maximum absolute atomic E-state index is 11.3. The van der Waals surface area contributed by atoms with E-state index in [0.717, 1.165) is 0 Å². The predicted octanol–water partition coefficient (Wildman–Crippen LogP) is 0.172. The van der Waals surface area contributed by atoms with Crippen molar-refractivity contribution < 1.29 is 14.4 Å². The maximum Gasteiger partial charge on any atom is 0.313 e. The molecule has 0 fully saturated rings. The molecule has 0 amide bonds. The van der Waals surface area contributed by atoms with Crippen LogP contribution >= 0.6 is 0 Å².